The van der Waals surface area contributed by atoms with Crippen LogP contribution in [0.3, 0.4) is 0 Å². The number of benzene rings is 2. The quantitative estimate of drug-likeness (QED) is 0.211. The molecule has 8 heteroatoms. The topological polar surface area (TPSA) is 79.7 Å². The number of aryl methyl sites for hydroxylation is 2. The van der Waals surface area contributed by atoms with Crippen LogP contribution in [0.1, 0.15) is 34.5 Å². The first-order valence-corrected chi connectivity index (χ1v) is 12.5. The predicted octanol–water partition coefficient (Wildman–Crippen LogP) is 6.00. The van der Waals surface area contributed by atoms with E-state index in [9.17, 15) is 14.7 Å². The van der Waals surface area contributed by atoms with Gasteiger partial charge in [-0.1, -0.05) is 35.1 Å². The van der Waals surface area contributed by atoms with E-state index in [1.165, 1.54) is 27.6 Å². The molecule has 0 bridgehead atoms. The zero-order chi connectivity index (χ0) is 24.0. The number of carbonyl (C=O) groups is 2. The maximum Gasteiger partial charge on any atom is 0.301 e. The van der Waals surface area contributed by atoms with Gasteiger partial charge in [-0.2, -0.15) is 0 Å². The fourth-order valence-corrected chi connectivity index (χ4v) is 5.98. The van der Waals surface area contributed by atoms with Gasteiger partial charge in [0.15, 0.2) is 5.13 Å². The normalized spacial score (nSPS) is 17.6. The van der Waals surface area contributed by atoms with Crippen LogP contribution >= 0.6 is 22.7 Å². The summed E-state index contributed by atoms with van der Waals surface area (Å²) in [5.41, 5.74) is 3.11. The summed E-state index contributed by atoms with van der Waals surface area (Å²) in [6.07, 6.45) is 0. The monoisotopic (exact) mass is 490 g/mol. The first-order chi connectivity index (χ1) is 16.4. The van der Waals surface area contributed by atoms with E-state index in [-0.39, 0.29) is 11.3 Å². The minimum atomic E-state index is -0.758. The molecule has 1 aliphatic rings. The van der Waals surface area contributed by atoms with Crippen LogP contribution in [0.15, 0.2) is 59.5 Å². The average molecular weight is 491 g/mol. The highest BCUT2D eigenvalue weighted by atomic mass is 32.1. The highest BCUT2D eigenvalue weighted by molar-refractivity contribution is 7.22. The van der Waals surface area contributed by atoms with E-state index in [0.717, 1.165) is 26.5 Å². The molecule has 0 saturated carbocycles. The molecule has 34 heavy (non-hydrogen) atoms. The molecule has 4 aromatic rings. The van der Waals surface area contributed by atoms with Crippen molar-refractivity contribution in [2.45, 2.75) is 26.8 Å². The lowest BCUT2D eigenvalue weighted by Crippen LogP contribution is -2.28. The van der Waals surface area contributed by atoms with Gasteiger partial charge in [-0.3, -0.25) is 14.5 Å². The standard InChI is InChI=1S/C26H22N2O4S2/c1-4-32-16-9-10-18-20(13-16)34-26(27-18)28-22(19-6-5-11-33-19)21(24(30)25(28)31)23(29)17-12-14(2)7-8-15(17)3/h5-13,22,29H,4H2,1-3H3/b23-21+. The Hall–Kier alpha value is -3.49. The summed E-state index contributed by atoms with van der Waals surface area (Å²) in [5, 5.41) is 13.6. The molecule has 1 amide bonds. The van der Waals surface area contributed by atoms with Gasteiger partial charge in [0.2, 0.25) is 0 Å². The number of thiophene rings is 1. The Morgan fingerprint density at radius 1 is 1.15 bits per heavy atom. The van der Waals surface area contributed by atoms with E-state index < -0.39 is 17.7 Å². The molecule has 5 rings (SSSR count). The maximum atomic E-state index is 13.3. The Kier molecular flexibility index (Phi) is 5.71. The number of ether oxygens (including phenoxy) is 1. The number of hydrogen-bond acceptors (Lipinski definition) is 7. The number of hydrogen-bond donors (Lipinski definition) is 1. The SMILES string of the molecule is CCOc1ccc2nc(N3C(=O)C(=O)/C(=C(/O)c4cc(C)ccc4C)C3c3cccs3)sc2c1. The summed E-state index contributed by atoms with van der Waals surface area (Å²) in [6, 6.07) is 14.2. The van der Waals surface area contributed by atoms with E-state index in [1.54, 1.807) is 0 Å². The molecule has 0 radical (unpaired) electrons. The van der Waals surface area contributed by atoms with E-state index >= 15 is 0 Å². The average Bonchev–Trinajstić information content (AvgIpc) is 3.54. The van der Waals surface area contributed by atoms with E-state index in [0.29, 0.717) is 22.8 Å². The Bertz CT molecular complexity index is 1450. The first kappa shape index (κ1) is 22.3. The summed E-state index contributed by atoms with van der Waals surface area (Å²) in [4.78, 5) is 33.5. The van der Waals surface area contributed by atoms with Gasteiger partial charge < -0.3 is 9.84 Å². The van der Waals surface area contributed by atoms with E-state index in [4.69, 9.17) is 4.74 Å². The van der Waals surface area contributed by atoms with E-state index in [2.05, 4.69) is 4.98 Å². The van der Waals surface area contributed by atoms with Gasteiger partial charge in [-0.15, -0.1) is 11.3 Å². The number of fused-ring (bicyclic) bond motifs is 1. The largest absolute Gasteiger partial charge is 0.507 e. The summed E-state index contributed by atoms with van der Waals surface area (Å²) in [6.45, 7) is 6.25. The second kappa shape index (κ2) is 8.70. The maximum absolute atomic E-state index is 13.3. The molecule has 1 unspecified atom stereocenters. The van der Waals surface area contributed by atoms with Gasteiger partial charge in [0.1, 0.15) is 17.6 Å². The summed E-state index contributed by atoms with van der Waals surface area (Å²) >= 11 is 2.75. The zero-order valence-corrected chi connectivity index (χ0v) is 20.5. The van der Waals surface area contributed by atoms with Crippen LogP contribution < -0.4 is 9.64 Å². The second-order valence-corrected chi connectivity index (χ2v) is 10.1. The van der Waals surface area contributed by atoms with Crippen LogP contribution in [-0.2, 0) is 9.59 Å². The van der Waals surface area contributed by atoms with Crippen LogP contribution in [0.25, 0.3) is 16.0 Å². The molecular formula is C26H22N2O4S2. The number of aliphatic hydroxyl groups is 1. The highest BCUT2D eigenvalue weighted by Crippen LogP contribution is 2.46. The highest BCUT2D eigenvalue weighted by Gasteiger charge is 2.48. The molecule has 172 valence electrons. The molecule has 1 saturated heterocycles. The van der Waals surface area contributed by atoms with Crippen LogP contribution in [0.2, 0.25) is 0 Å². The van der Waals surface area contributed by atoms with Crippen molar-refractivity contribution in [3.8, 4) is 5.75 Å². The summed E-state index contributed by atoms with van der Waals surface area (Å²) < 4.78 is 6.44. The second-order valence-electron chi connectivity index (χ2n) is 8.06. The Morgan fingerprint density at radius 2 is 1.97 bits per heavy atom. The number of carbonyl (C=O) groups excluding carboxylic acids is 2. The van der Waals surface area contributed by atoms with Crippen LogP contribution in [0.4, 0.5) is 5.13 Å². The molecular weight excluding hydrogens is 468 g/mol. The number of ketones is 1. The molecule has 1 aliphatic heterocycles. The number of anilines is 1. The fraction of sp³-hybridized carbons (Fsp3) is 0.192. The number of thiazole rings is 1. The number of nitrogens with zero attached hydrogens (tertiary/aromatic N) is 2. The molecule has 2 aromatic heterocycles. The zero-order valence-electron chi connectivity index (χ0n) is 18.9. The predicted molar refractivity (Wildman–Crippen MR) is 136 cm³/mol. The third-order valence-corrected chi connectivity index (χ3v) is 7.71. The smallest absolute Gasteiger partial charge is 0.301 e. The summed E-state index contributed by atoms with van der Waals surface area (Å²) in [7, 11) is 0. The van der Waals surface area contributed by atoms with Crippen LogP contribution in [0.5, 0.6) is 5.75 Å². The van der Waals surface area contributed by atoms with Gasteiger partial charge in [-0.05, 0) is 62.0 Å². The Morgan fingerprint density at radius 3 is 2.71 bits per heavy atom. The molecule has 0 aliphatic carbocycles. The minimum absolute atomic E-state index is 0.0791. The van der Waals surface area contributed by atoms with E-state index in [1.807, 2.05) is 74.7 Å². The lowest BCUT2D eigenvalue weighted by atomic mass is 9.96. The van der Waals surface area contributed by atoms with Gasteiger partial charge in [0.25, 0.3) is 5.78 Å². The number of aliphatic hydroxyl groups excluding tert-OH is 1. The van der Waals surface area contributed by atoms with Crippen molar-refractivity contribution in [3.63, 3.8) is 0 Å². The van der Waals surface area contributed by atoms with Crippen molar-refractivity contribution < 1.29 is 19.4 Å². The number of Topliss-reactive ketones (excluding diaryl/α,β-unsaturated/α-hetero) is 1. The van der Waals surface area contributed by atoms with Crippen molar-refractivity contribution in [2.24, 2.45) is 0 Å². The van der Waals surface area contributed by atoms with Gasteiger partial charge in [-0.25, -0.2) is 4.98 Å². The summed E-state index contributed by atoms with van der Waals surface area (Å²) in [5.74, 6) is -0.863. The van der Waals surface area contributed by atoms with Gasteiger partial charge in [0, 0.05) is 10.4 Å². The molecule has 0 spiro atoms. The minimum Gasteiger partial charge on any atom is -0.507 e. The number of rotatable bonds is 5. The number of amides is 1. The lowest BCUT2D eigenvalue weighted by molar-refractivity contribution is -0.132. The van der Waals surface area contributed by atoms with Crippen molar-refractivity contribution in [3.05, 3.63) is 81.1 Å². The van der Waals surface area contributed by atoms with Crippen LogP contribution in [-0.4, -0.2) is 28.4 Å². The molecule has 6 nitrogen and oxygen atoms in total. The molecule has 2 aromatic carbocycles. The van der Waals surface area contributed by atoms with Crippen molar-refractivity contribution in [2.75, 3.05) is 11.5 Å². The Labute approximate surface area is 204 Å². The van der Waals surface area contributed by atoms with Crippen molar-refractivity contribution >= 4 is 55.5 Å². The van der Waals surface area contributed by atoms with Crippen molar-refractivity contribution in [1.82, 2.24) is 4.98 Å². The van der Waals surface area contributed by atoms with Crippen molar-refractivity contribution in [1.29, 1.82) is 0 Å². The first-order valence-electron chi connectivity index (χ1n) is 10.8. The molecule has 1 fully saturated rings. The molecule has 3 heterocycles. The molecule has 1 N–H and O–H groups in total. The third-order valence-electron chi connectivity index (χ3n) is 5.77. The Balaban J connectivity index is 1.69. The van der Waals surface area contributed by atoms with Crippen LogP contribution in [0, 0.1) is 13.8 Å². The fourth-order valence-electron chi connectivity index (χ4n) is 4.13. The third kappa shape index (κ3) is 3.69. The van der Waals surface area contributed by atoms with Gasteiger partial charge >= 0.3 is 5.91 Å². The lowest BCUT2D eigenvalue weighted by Gasteiger charge is -2.21. The molecule has 1 atom stereocenters. The van der Waals surface area contributed by atoms with Gasteiger partial charge in [0.05, 0.1) is 22.4 Å². The number of aromatic nitrogens is 1.